The first kappa shape index (κ1) is 16.8. The van der Waals surface area contributed by atoms with Crippen molar-refractivity contribution in [3.63, 3.8) is 0 Å². The summed E-state index contributed by atoms with van der Waals surface area (Å²) in [5.41, 5.74) is 3.95. The Hall–Kier alpha value is -1.24. The molecule has 1 unspecified atom stereocenters. The lowest BCUT2D eigenvalue weighted by molar-refractivity contribution is 0.303. The molecule has 0 aromatic rings. The lowest BCUT2D eigenvalue weighted by Gasteiger charge is -2.33. The van der Waals surface area contributed by atoms with Crippen LogP contribution in [-0.2, 0) is 0 Å². The van der Waals surface area contributed by atoms with Gasteiger partial charge in [0.2, 0.25) is 0 Å². The van der Waals surface area contributed by atoms with Crippen molar-refractivity contribution in [1.82, 2.24) is 4.90 Å². The number of hydrogen-bond acceptors (Lipinski definition) is 1. The molecule has 0 aliphatic heterocycles. The molecule has 1 heteroatoms. The summed E-state index contributed by atoms with van der Waals surface area (Å²) in [6.45, 7) is 17.3. The molecule has 1 atom stereocenters. The van der Waals surface area contributed by atoms with Gasteiger partial charge >= 0.3 is 0 Å². The highest BCUT2D eigenvalue weighted by atomic mass is 15.1. The van der Waals surface area contributed by atoms with Gasteiger partial charge in [-0.15, -0.1) is 0 Å². The topological polar surface area (TPSA) is 3.24 Å². The summed E-state index contributed by atoms with van der Waals surface area (Å²) in [6.07, 6.45) is 12.6. The molecule has 0 heterocycles. The Bertz CT molecular complexity index is 379. The average molecular weight is 273 g/mol. The Balaban J connectivity index is 2.77. The van der Waals surface area contributed by atoms with Gasteiger partial charge in [0.15, 0.2) is 0 Å². The summed E-state index contributed by atoms with van der Waals surface area (Å²) < 4.78 is 0. The highest BCUT2D eigenvalue weighted by molar-refractivity contribution is 5.38. The van der Waals surface area contributed by atoms with Gasteiger partial charge < -0.3 is 4.90 Å². The van der Waals surface area contributed by atoms with Crippen molar-refractivity contribution in [3.05, 3.63) is 48.2 Å². The minimum atomic E-state index is 0.421. The number of unbranched alkanes of at least 4 members (excludes halogenated alkanes) is 2. The van der Waals surface area contributed by atoms with Gasteiger partial charge in [0.25, 0.3) is 0 Å². The highest BCUT2D eigenvalue weighted by Crippen LogP contribution is 2.32. The van der Waals surface area contributed by atoms with Gasteiger partial charge in [0.1, 0.15) is 0 Å². The van der Waals surface area contributed by atoms with Crippen molar-refractivity contribution in [2.24, 2.45) is 5.92 Å². The van der Waals surface area contributed by atoms with Crippen LogP contribution in [0.2, 0.25) is 0 Å². The zero-order valence-electron chi connectivity index (χ0n) is 13.6. The van der Waals surface area contributed by atoms with Gasteiger partial charge in [0.05, 0.1) is 0 Å². The quantitative estimate of drug-likeness (QED) is 0.537. The van der Waals surface area contributed by atoms with Gasteiger partial charge in [-0.1, -0.05) is 63.6 Å². The number of rotatable bonds is 9. The third-order valence-electron chi connectivity index (χ3n) is 4.08. The van der Waals surface area contributed by atoms with E-state index < -0.39 is 0 Å². The van der Waals surface area contributed by atoms with E-state index >= 15 is 0 Å². The molecule has 0 amide bonds. The van der Waals surface area contributed by atoms with E-state index in [1.54, 1.807) is 0 Å². The molecule has 1 nitrogen and oxygen atoms in total. The van der Waals surface area contributed by atoms with Crippen LogP contribution < -0.4 is 0 Å². The molecule has 1 rings (SSSR count). The van der Waals surface area contributed by atoms with E-state index in [-0.39, 0.29) is 0 Å². The molecule has 20 heavy (non-hydrogen) atoms. The van der Waals surface area contributed by atoms with E-state index in [0.29, 0.717) is 5.92 Å². The van der Waals surface area contributed by atoms with Crippen molar-refractivity contribution in [3.8, 4) is 0 Å². The lowest BCUT2D eigenvalue weighted by atomic mass is 9.86. The first-order valence-electron chi connectivity index (χ1n) is 8.08. The third-order valence-corrected chi connectivity index (χ3v) is 4.08. The van der Waals surface area contributed by atoms with Crippen molar-refractivity contribution in [2.75, 3.05) is 13.1 Å². The molecule has 0 aromatic heterocycles. The van der Waals surface area contributed by atoms with Crippen LogP contribution in [0.5, 0.6) is 0 Å². The summed E-state index contributed by atoms with van der Waals surface area (Å²) in [6, 6.07) is 0. The van der Waals surface area contributed by atoms with Gasteiger partial charge in [0, 0.05) is 24.7 Å². The van der Waals surface area contributed by atoms with Gasteiger partial charge in [-0.3, -0.25) is 0 Å². The molecule has 0 aromatic carbocycles. The van der Waals surface area contributed by atoms with Crippen LogP contribution in [0, 0.1) is 5.92 Å². The largest absolute Gasteiger partial charge is 0.375 e. The highest BCUT2D eigenvalue weighted by Gasteiger charge is 2.21. The molecule has 0 saturated carbocycles. The van der Waals surface area contributed by atoms with Crippen molar-refractivity contribution < 1.29 is 0 Å². The maximum absolute atomic E-state index is 4.42. The molecular weight excluding hydrogens is 242 g/mol. The first-order chi connectivity index (χ1) is 9.63. The molecule has 1 aliphatic rings. The molecule has 0 N–H and O–H groups in total. The minimum absolute atomic E-state index is 0.421. The fourth-order valence-corrected chi connectivity index (χ4v) is 2.71. The van der Waals surface area contributed by atoms with E-state index in [2.05, 4.69) is 51.0 Å². The molecule has 0 saturated heterocycles. The normalized spacial score (nSPS) is 18.2. The van der Waals surface area contributed by atoms with E-state index in [4.69, 9.17) is 0 Å². The summed E-state index contributed by atoms with van der Waals surface area (Å²) in [4.78, 5) is 2.50. The van der Waals surface area contributed by atoms with Crippen LogP contribution in [0.4, 0.5) is 0 Å². The monoisotopic (exact) mass is 273 g/mol. The van der Waals surface area contributed by atoms with Crippen LogP contribution in [0.15, 0.2) is 48.2 Å². The minimum Gasteiger partial charge on any atom is -0.375 e. The fourth-order valence-electron chi connectivity index (χ4n) is 2.71. The van der Waals surface area contributed by atoms with Crippen molar-refractivity contribution in [1.29, 1.82) is 0 Å². The predicted molar refractivity (Wildman–Crippen MR) is 90.7 cm³/mol. The molecular formula is C19H31N. The van der Waals surface area contributed by atoms with Gasteiger partial charge in [-0.25, -0.2) is 0 Å². The Labute approximate surface area is 125 Å². The van der Waals surface area contributed by atoms with Gasteiger partial charge in [-0.2, -0.15) is 0 Å². The summed E-state index contributed by atoms with van der Waals surface area (Å²) in [7, 11) is 0. The Morgan fingerprint density at radius 3 is 2.40 bits per heavy atom. The van der Waals surface area contributed by atoms with Crippen LogP contribution in [-0.4, -0.2) is 18.0 Å². The third kappa shape index (κ3) is 4.70. The van der Waals surface area contributed by atoms with Crippen LogP contribution >= 0.6 is 0 Å². The second-order valence-electron chi connectivity index (χ2n) is 5.77. The van der Waals surface area contributed by atoms with Crippen molar-refractivity contribution >= 4 is 0 Å². The molecule has 0 radical (unpaired) electrons. The van der Waals surface area contributed by atoms with Crippen LogP contribution in [0.3, 0.4) is 0 Å². The van der Waals surface area contributed by atoms with E-state index in [0.717, 1.165) is 19.5 Å². The maximum Gasteiger partial charge on any atom is 0.0268 e. The standard InChI is InChI=1S/C19H31N/c1-6-9-13-20(14-10-7-2)17(5)19-12-11-16(4)15-18(19)8-3/h8,11,15,19H,3,5-7,9-10,12-14H2,1-2,4H3. The molecule has 112 valence electrons. The first-order valence-corrected chi connectivity index (χ1v) is 8.08. The summed E-state index contributed by atoms with van der Waals surface area (Å²) >= 11 is 0. The second-order valence-corrected chi connectivity index (χ2v) is 5.77. The fraction of sp³-hybridized carbons (Fsp3) is 0.579. The Kier molecular flexibility index (Phi) is 7.43. The SMILES string of the molecule is C=CC1=CC(C)=CCC1C(=C)N(CCCC)CCCC. The number of nitrogens with zero attached hydrogens (tertiary/aromatic N) is 1. The molecule has 0 fully saturated rings. The van der Waals surface area contributed by atoms with E-state index in [1.165, 1.54) is 42.5 Å². The second kappa shape index (κ2) is 8.84. The average Bonchev–Trinajstić information content (AvgIpc) is 2.46. The predicted octanol–water partition coefficient (Wildman–Crippen LogP) is 5.48. The maximum atomic E-state index is 4.42. The lowest BCUT2D eigenvalue weighted by Crippen LogP contribution is -2.30. The molecule has 1 aliphatic carbocycles. The summed E-state index contributed by atoms with van der Waals surface area (Å²) in [5, 5.41) is 0. The zero-order chi connectivity index (χ0) is 15.0. The number of allylic oxidation sites excluding steroid dienone is 5. The van der Waals surface area contributed by atoms with Crippen LogP contribution in [0.1, 0.15) is 52.9 Å². The number of hydrogen-bond donors (Lipinski definition) is 0. The smallest absolute Gasteiger partial charge is 0.0268 e. The van der Waals surface area contributed by atoms with E-state index in [1.807, 2.05) is 6.08 Å². The Morgan fingerprint density at radius 2 is 1.90 bits per heavy atom. The Morgan fingerprint density at radius 1 is 1.30 bits per heavy atom. The molecule has 0 spiro atoms. The van der Waals surface area contributed by atoms with Crippen LogP contribution in [0.25, 0.3) is 0 Å². The zero-order valence-corrected chi connectivity index (χ0v) is 13.6. The van der Waals surface area contributed by atoms with Gasteiger partial charge in [-0.05, 0) is 31.8 Å². The van der Waals surface area contributed by atoms with E-state index in [9.17, 15) is 0 Å². The molecule has 0 bridgehead atoms. The van der Waals surface area contributed by atoms with Crippen molar-refractivity contribution in [2.45, 2.75) is 52.9 Å². The summed E-state index contributed by atoms with van der Waals surface area (Å²) in [5.74, 6) is 0.421.